The van der Waals surface area contributed by atoms with Crippen molar-refractivity contribution in [3.8, 4) is 0 Å². The minimum absolute atomic E-state index is 0.0182. The maximum Gasteiger partial charge on any atom is 0.341 e. The molecule has 0 bridgehead atoms. The number of hydrogen-bond donors (Lipinski definition) is 0. The molecule has 0 fully saturated rings. The minimum Gasteiger partial charge on any atom is -0.451 e. The summed E-state index contributed by atoms with van der Waals surface area (Å²) >= 11 is 23.6. The summed E-state index contributed by atoms with van der Waals surface area (Å²) in [5.74, 6) is -1.19. The van der Waals surface area contributed by atoms with Crippen molar-refractivity contribution in [1.82, 2.24) is 0 Å². The smallest absolute Gasteiger partial charge is 0.341 e. The van der Waals surface area contributed by atoms with Crippen LogP contribution < -0.4 is 0 Å². The van der Waals surface area contributed by atoms with Crippen molar-refractivity contribution in [3.05, 3.63) is 67.6 Å². The Balaban J connectivity index is 2.18. The molecule has 0 heterocycles. The zero-order valence-electron chi connectivity index (χ0n) is 11.8. The lowest BCUT2D eigenvalue weighted by molar-refractivity contribution is 0.0319. The topological polar surface area (TPSA) is 43.4 Å². The molecule has 2 rings (SSSR count). The number of halogens is 4. The van der Waals surface area contributed by atoms with Gasteiger partial charge in [0.05, 0.1) is 20.6 Å². The highest BCUT2D eigenvalue weighted by molar-refractivity contribution is 6.46. The molecule has 0 unspecified atom stereocenters. The van der Waals surface area contributed by atoms with Crippen molar-refractivity contribution in [2.24, 2.45) is 0 Å². The molecule has 2 aromatic rings. The van der Waals surface area contributed by atoms with Crippen LogP contribution in [-0.2, 0) is 4.74 Å². The molecule has 2 aromatic carbocycles. The molecule has 23 heavy (non-hydrogen) atoms. The summed E-state index contributed by atoms with van der Waals surface area (Å²) in [5, 5.41) is 0.745. The zero-order valence-corrected chi connectivity index (χ0v) is 14.8. The number of carbonyl (C=O) groups is 2. The van der Waals surface area contributed by atoms with Crippen molar-refractivity contribution in [3.63, 3.8) is 0 Å². The van der Waals surface area contributed by atoms with Gasteiger partial charge in [-0.25, -0.2) is 4.79 Å². The second kappa shape index (κ2) is 7.54. The first kappa shape index (κ1) is 18.1. The van der Waals surface area contributed by atoms with Gasteiger partial charge in [0.2, 0.25) is 5.78 Å². The SMILES string of the molecule is C[C@@H](OC(=O)c1c(Cl)ccc(Cl)c1Cl)C(=O)c1ccc(Cl)cc1. The van der Waals surface area contributed by atoms with E-state index in [1.54, 1.807) is 24.3 Å². The summed E-state index contributed by atoms with van der Waals surface area (Å²) < 4.78 is 5.15. The highest BCUT2D eigenvalue weighted by Crippen LogP contribution is 2.32. The average Bonchev–Trinajstić information content (AvgIpc) is 2.51. The van der Waals surface area contributed by atoms with Crippen LogP contribution in [-0.4, -0.2) is 17.9 Å². The molecule has 0 spiro atoms. The number of ether oxygens (including phenoxy) is 1. The standard InChI is InChI=1S/C16H10Cl4O3/c1-8(15(21)9-2-4-10(17)5-3-9)23-16(22)13-11(18)6-7-12(19)14(13)20/h2-8H,1H3/t8-/m1/s1. The van der Waals surface area contributed by atoms with Gasteiger partial charge in [-0.15, -0.1) is 0 Å². The van der Waals surface area contributed by atoms with Gasteiger partial charge in [-0.1, -0.05) is 46.4 Å². The third kappa shape index (κ3) is 4.18. The Morgan fingerprint density at radius 1 is 0.913 bits per heavy atom. The van der Waals surface area contributed by atoms with E-state index in [1.165, 1.54) is 19.1 Å². The largest absolute Gasteiger partial charge is 0.451 e. The Morgan fingerprint density at radius 3 is 2.09 bits per heavy atom. The van der Waals surface area contributed by atoms with E-state index in [1.807, 2.05) is 0 Å². The van der Waals surface area contributed by atoms with Crippen LogP contribution >= 0.6 is 46.4 Å². The molecule has 0 amide bonds. The number of Topliss-reactive ketones (excluding diaryl/α,β-unsaturated/α-hetero) is 1. The monoisotopic (exact) mass is 390 g/mol. The first-order chi connectivity index (χ1) is 10.8. The third-order valence-corrected chi connectivity index (χ3v) is 4.40. The highest BCUT2D eigenvalue weighted by atomic mass is 35.5. The van der Waals surface area contributed by atoms with Crippen LogP contribution in [0.3, 0.4) is 0 Å². The van der Waals surface area contributed by atoms with Crippen molar-refractivity contribution >= 4 is 58.2 Å². The number of hydrogen-bond acceptors (Lipinski definition) is 3. The van der Waals surface area contributed by atoms with Gasteiger partial charge in [0.15, 0.2) is 6.10 Å². The summed E-state index contributed by atoms with van der Waals surface area (Å²) in [7, 11) is 0. The van der Waals surface area contributed by atoms with E-state index in [4.69, 9.17) is 51.1 Å². The summed E-state index contributed by atoms with van der Waals surface area (Å²) in [5.41, 5.74) is 0.301. The molecule has 0 saturated carbocycles. The molecule has 0 aliphatic heterocycles. The Kier molecular flexibility index (Phi) is 5.93. The van der Waals surface area contributed by atoms with Gasteiger partial charge >= 0.3 is 5.97 Å². The summed E-state index contributed by atoms with van der Waals surface area (Å²) in [6, 6.07) is 9.15. The molecule has 0 saturated heterocycles. The molecule has 0 aromatic heterocycles. The molecule has 0 radical (unpaired) electrons. The van der Waals surface area contributed by atoms with Crippen LogP contribution in [0.2, 0.25) is 20.1 Å². The second-order valence-electron chi connectivity index (χ2n) is 4.64. The van der Waals surface area contributed by atoms with Gasteiger partial charge in [0.25, 0.3) is 0 Å². The summed E-state index contributed by atoms with van der Waals surface area (Å²) in [6.07, 6.45) is -1.02. The molecule has 0 aliphatic carbocycles. The highest BCUT2D eigenvalue weighted by Gasteiger charge is 2.24. The van der Waals surface area contributed by atoms with Gasteiger partial charge < -0.3 is 4.74 Å². The first-order valence-corrected chi connectivity index (χ1v) is 7.96. The van der Waals surface area contributed by atoms with Crippen LogP contribution in [0.4, 0.5) is 0 Å². The molecule has 120 valence electrons. The fourth-order valence-electron chi connectivity index (χ4n) is 1.84. The number of ketones is 1. The maximum absolute atomic E-state index is 12.2. The molecule has 0 aliphatic rings. The summed E-state index contributed by atoms with van der Waals surface area (Å²) in [6.45, 7) is 1.46. The molecule has 3 nitrogen and oxygen atoms in total. The number of carbonyl (C=O) groups excluding carboxylic acids is 2. The Labute approximate surface area is 153 Å². The van der Waals surface area contributed by atoms with Crippen LogP contribution in [0.1, 0.15) is 27.6 Å². The van der Waals surface area contributed by atoms with E-state index in [0.717, 1.165) is 0 Å². The normalized spacial score (nSPS) is 11.9. The lowest BCUT2D eigenvalue weighted by Gasteiger charge is -2.14. The lowest BCUT2D eigenvalue weighted by atomic mass is 10.1. The number of rotatable bonds is 4. The van der Waals surface area contributed by atoms with Gasteiger partial charge in [-0.3, -0.25) is 4.79 Å². The molecular formula is C16H10Cl4O3. The zero-order chi connectivity index (χ0) is 17.1. The Hall–Kier alpha value is -1.26. The van der Waals surface area contributed by atoms with Crippen LogP contribution in [0, 0.1) is 0 Å². The number of esters is 1. The first-order valence-electron chi connectivity index (χ1n) is 6.45. The average molecular weight is 392 g/mol. The van der Waals surface area contributed by atoms with E-state index in [-0.39, 0.29) is 26.4 Å². The third-order valence-electron chi connectivity index (χ3n) is 3.03. The number of benzene rings is 2. The molecule has 1 atom stereocenters. The predicted octanol–water partition coefficient (Wildman–Crippen LogP) is 5.73. The van der Waals surface area contributed by atoms with Gasteiger partial charge in [-0.2, -0.15) is 0 Å². The van der Waals surface area contributed by atoms with Crippen LogP contribution in [0.5, 0.6) is 0 Å². The van der Waals surface area contributed by atoms with Crippen LogP contribution in [0.15, 0.2) is 36.4 Å². The van der Waals surface area contributed by atoms with E-state index in [0.29, 0.717) is 10.6 Å². The Bertz CT molecular complexity index is 757. The predicted molar refractivity (Wildman–Crippen MR) is 92.1 cm³/mol. The van der Waals surface area contributed by atoms with Crippen molar-refractivity contribution in [1.29, 1.82) is 0 Å². The van der Waals surface area contributed by atoms with E-state index < -0.39 is 12.1 Å². The van der Waals surface area contributed by atoms with Crippen LogP contribution in [0.25, 0.3) is 0 Å². The Morgan fingerprint density at radius 2 is 1.48 bits per heavy atom. The molecule has 7 heteroatoms. The van der Waals surface area contributed by atoms with Crippen molar-refractivity contribution in [2.75, 3.05) is 0 Å². The lowest BCUT2D eigenvalue weighted by Crippen LogP contribution is -2.24. The van der Waals surface area contributed by atoms with Crippen molar-refractivity contribution in [2.45, 2.75) is 13.0 Å². The quantitative estimate of drug-likeness (QED) is 0.379. The second-order valence-corrected chi connectivity index (χ2v) is 6.27. The fraction of sp³-hybridized carbons (Fsp3) is 0.125. The minimum atomic E-state index is -1.02. The summed E-state index contributed by atoms with van der Waals surface area (Å²) in [4.78, 5) is 24.5. The fourth-order valence-corrected chi connectivity index (χ4v) is 2.64. The van der Waals surface area contributed by atoms with Gasteiger partial charge in [0, 0.05) is 10.6 Å². The van der Waals surface area contributed by atoms with E-state index in [2.05, 4.69) is 0 Å². The van der Waals surface area contributed by atoms with Crippen molar-refractivity contribution < 1.29 is 14.3 Å². The molecule has 0 N–H and O–H groups in total. The van der Waals surface area contributed by atoms with E-state index in [9.17, 15) is 9.59 Å². The van der Waals surface area contributed by atoms with Gasteiger partial charge in [0.1, 0.15) is 0 Å². The van der Waals surface area contributed by atoms with Gasteiger partial charge in [-0.05, 0) is 43.3 Å². The maximum atomic E-state index is 12.2. The molecular weight excluding hydrogens is 382 g/mol. The van der Waals surface area contributed by atoms with E-state index >= 15 is 0 Å².